The maximum absolute atomic E-state index is 11.5. The highest BCUT2D eigenvalue weighted by Crippen LogP contribution is 2.26. The van der Waals surface area contributed by atoms with Crippen LogP contribution in [0.15, 0.2) is 29.1 Å². The second-order valence-electron chi connectivity index (χ2n) is 4.21. The predicted molar refractivity (Wildman–Crippen MR) is 79.6 cm³/mol. The largest absolute Gasteiger partial charge is 0.496 e. The zero-order valence-electron chi connectivity index (χ0n) is 11.4. The van der Waals surface area contributed by atoms with Crippen LogP contribution in [0, 0.1) is 0 Å². The van der Waals surface area contributed by atoms with Crippen molar-refractivity contribution in [1.82, 2.24) is 9.97 Å². The lowest BCUT2D eigenvalue weighted by molar-refractivity contribution is 0.410. The fourth-order valence-corrected chi connectivity index (χ4v) is 2.08. The van der Waals surface area contributed by atoms with E-state index in [1.807, 2.05) is 19.1 Å². The Morgan fingerprint density at radius 1 is 1.45 bits per heavy atom. The minimum Gasteiger partial charge on any atom is -0.496 e. The van der Waals surface area contributed by atoms with E-state index in [1.54, 1.807) is 13.2 Å². The molecule has 2 aromatic rings. The normalized spacial score (nSPS) is 10.3. The smallest absolute Gasteiger partial charge is 0.252 e. The molecule has 1 aromatic heterocycles. The van der Waals surface area contributed by atoms with Gasteiger partial charge in [0.25, 0.3) is 5.56 Å². The summed E-state index contributed by atoms with van der Waals surface area (Å²) in [6.07, 6.45) is 0.667. The first-order valence-electron chi connectivity index (χ1n) is 6.29. The molecular weight excluding hydrogens is 278 g/mol. The lowest BCUT2D eigenvalue weighted by atomic mass is 10.2. The van der Waals surface area contributed by atoms with E-state index < -0.39 is 0 Å². The van der Waals surface area contributed by atoms with E-state index >= 15 is 0 Å². The van der Waals surface area contributed by atoms with Gasteiger partial charge < -0.3 is 15.0 Å². The van der Waals surface area contributed by atoms with Gasteiger partial charge in [0, 0.05) is 29.6 Å². The summed E-state index contributed by atoms with van der Waals surface area (Å²) in [5.41, 5.74) is 0.655. The SMILES string of the molecule is CCc1nc(NCc2c(Cl)cccc2OC)cc(=O)[nH]1. The Morgan fingerprint density at radius 3 is 2.95 bits per heavy atom. The number of aromatic amines is 1. The van der Waals surface area contributed by atoms with Crippen LogP contribution < -0.4 is 15.6 Å². The number of hydrogen-bond donors (Lipinski definition) is 2. The van der Waals surface area contributed by atoms with Gasteiger partial charge in [0.15, 0.2) is 0 Å². The van der Waals surface area contributed by atoms with Crippen LogP contribution in [0.2, 0.25) is 5.02 Å². The van der Waals surface area contributed by atoms with Crippen LogP contribution in [0.25, 0.3) is 0 Å². The van der Waals surface area contributed by atoms with Crippen LogP contribution in [-0.4, -0.2) is 17.1 Å². The van der Waals surface area contributed by atoms with Gasteiger partial charge in [-0.1, -0.05) is 24.6 Å². The topological polar surface area (TPSA) is 67.0 Å². The third kappa shape index (κ3) is 3.30. The molecule has 2 rings (SSSR count). The minimum atomic E-state index is -0.175. The van der Waals surface area contributed by atoms with Crippen LogP contribution in [0.3, 0.4) is 0 Å². The number of hydrogen-bond acceptors (Lipinski definition) is 4. The van der Waals surface area contributed by atoms with E-state index in [0.717, 1.165) is 5.56 Å². The second-order valence-corrected chi connectivity index (χ2v) is 4.61. The van der Waals surface area contributed by atoms with Gasteiger partial charge in [-0.25, -0.2) is 4.98 Å². The first kappa shape index (κ1) is 14.4. The van der Waals surface area contributed by atoms with Gasteiger partial charge in [-0.3, -0.25) is 4.79 Å². The van der Waals surface area contributed by atoms with Crippen molar-refractivity contribution in [3.8, 4) is 5.75 Å². The summed E-state index contributed by atoms with van der Waals surface area (Å²) in [5, 5.41) is 3.71. The highest BCUT2D eigenvalue weighted by atomic mass is 35.5. The van der Waals surface area contributed by atoms with E-state index in [9.17, 15) is 4.79 Å². The highest BCUT2D eigenvalue weighted by molar-refractivity contribution is 6.31. The molecule has 0 amide bonds. The number of ether oxygens (including phenoxy) is 1. The Kier molecular flexibility index (Phi) is 4.63. The molecule has 5 nitrogen and oxygen atoms in total. The lowest BCUT2D eigenvalue weighted by Crippen LogP contribution is -2.13. The number of nitrogens with zero attached hydrogens (tertiary/aromatic N) is 1. The monoisotopic (exact) mass is 293 g/mol. The van der Waals surface area contributed by atoms with E-state index in [0.29, 0.717) is 35.4 Å². The van der Waals surface area contributed by atoms with Crippen molar-refractivity contribution in [3.05, 3.63) is 51.0 Å². The Balaban J connectivity index is 2.21. The minimum absolute atomic E-state index is 0.175. The third-order valence-corrected chi connectivity index (χ3v) is 3.22. The maximum atomic E-state index is 11.5. The zero-order chi connectivity index (χ0) is 14.5. The van der Waals surface area contributed by atoms with Crippen molar-refractivity contribution in [1.29, 1.82) is 0 Å². The molecule has 0 saturated heterocycles. The summed E-state index contributed by atoms with van der Waals surface area (Å²) in [5.74, 6) is 1.87. The van der Waals surface area contributed by atoms with Gasteiger partial charge in [-0.05, 0) is 12.1 Å². The van der Waals surface area contributed by atoms with E-state index in [1.165, 1.54) is 6.07 Å². The fourth-order valence-electron chi connectivity index (χ4n) is 1.85. The third-order valence-electron chi connectivity index (χ3n) is 2.87. The molecule has 0 aliphatic carbocycles. The molecule has 0 saturated carbocycles. The fraction of sp³-hybridized carbons (Fsp3) is 0.286. The van der Waals surface area contributed by atoms with Crippen molar-refractivity contribution in [2.24, 2.45) is 0 Å². The van der Waals surface area contributed by atoms with Gasteiger partial charge in [-0.2, -0.15) is 0 Å². The standard InChI is InChI=1S/C14H16ClN3O2/c1-3-12-17-13(7-14(19)18-12)16-8-9-10(15)5-4-6-11(9)20-2/h4-7H,3,8H2,1-2H3,(H2,16,17,18,19). The van der Waals surface area contributed by atoms with E-state index in [2.05, 4.69) is 15.3 Å². The molecule has 0 bridgehead atoms. The number of benzene rings is 1. The van der Waals surface area contributed by atoms with Crippen molar-refractivity contribution in [2.75, 3.05) is 12.4 Å². The molecular formula is C14H16ClN3O2. The molecule has 2 N–H and O–H groups in total. The predicted octanol–water partition coefficient (Wildman–Crippen LogP) is 2.61. The first-order chi connectivity index (χ1) is 9.63. The Bertz CT molecular complexity index is 655. The van der Waals surface area contributed by atoms with Crippen molar-refractivity contribution >= 4 is 17.4 Å². The number of aryl methyl sites for hydroxylation is 1. The summed E-state index contributed by atoms with van der Waals surface area (Å²) in [6, 6.07) is 6.88. The Hall–Kier alpha value is -2.01. The maximum Gasteiger partial charge on any atom is 0.252 e. The second kappa shape index (κ2) is 6.43. The van der Waals surface area contributed by atoms with Crippen molar-refractivity contribution < 1.29 is 4.74 Å². The molecule has 20 heavy (non-hydrogen) atoms. The highest BCUT2D eigenvalue weighted by Gasteiger charge is 2.08. The molecule has 0 radical (unpaired) electrons. The quantitative estimate of drug-likeness (QED) is 0.889. The number of methoxy groups -OCH3 is 1. The van der Waals surface area contributed by atoms with Crippen LogP contribution in [0.4, 0.5) is 5.82 Å². The Morgan fingerprint density at radius 2 is 2.25 bits per heavy atom. The summed E-state index contributed by atoms with van der Waals surface area (Å²) < 4.78 is 5.27. The number of aromatic nitrogens is 2. The van der Waals surface area contributed by atoms with Crippen molar-refractivity contribution in [2.45, 2.75) is 19.9 Å². The summed E-state index contributed by atoms with van der Waals surface area (Å²) in [7, 11) is 1.59. The van der Waals surface area contributed by atoms with Crippen LogP contribution in [-0.2, 0) is 13.0 Å². The van der Waals surface area contributed by atoms with E-state index in [4.69, 9.17) is 16.3 Å². The summed E-state index contributed by atoms with van der Waals surface area (Å²) >= 11 is 6.16. The molecule has 1 aromatic carbocycles. The molecule has 0 aliphatic rings. The molecule has 1 heterocycles. The van der Waals surface area contributed by atoms with Gasteiger partial charge >= 0.3 is 0 Å². The van der Waals surface area contributed by atoms with Crippen LogP contribution in [0.1, 0.15) is 18.3 Å². The first-order valence-corrected chi connectivity index (χ1v) is 6.67. The number of H-pyrrole nitrogens is 1. The number of nitrogens with one attached hydrogen (secondary N) is 2. The van der Waals surface area contributed by atoms with Gasteiger partial charge in [0.2, 0.25) is 0 Å². The van der Waals surface area contributed by atoms with Gasteiger partial charge in [0.1, 0.15) is 17.4 Å². The zero-order valence-corrected chi connectivity index (χ0v) is 12.1. The number of halogens is 1. The van der Waals surface area contributed by atoms with Gasteiger partial charge in [-0.15, -0.1) is 0 Å². The van der Waals surface area contributed by atoms with Crippen LogP contribution in [0.5, 0.6) is 5.75 Å². The van der Waals surface area contributed by atoms with Crippen molar-refractivity contribution in [3.63, 3.8) is 0 Å². The van der Waals surface area contributed by atoms with E-state index in [-0.39, 0.29) is 5.56 Å². The molecule has 6 heteroatoms. The van der Waals surface area contributed by atoms with Crippen LogP contribution >= 0.6 is 11.6 Å². The average molecular weight is 294 g/mol. The molecule has 0 unspecified atom stereocenters. The molecule has 0 spiro atoms. The molecule has 0 atom stereocenters. The molecule has 0 aliphatic heterocycles. The lowest BCUT2D eigenvalue weighted by Gasteiger charge is -2.12. The number of anilines is 1. The summed E-state index contributed by atoms with van der Waals surface area (Å²) in [6.45, 7) is 2.36. The summed E-state index contributed by atoms with van der Waals surface area (Å²) in [4.78, 5) is 18.5. The molecule has 106 valence electrons. The average Bonchev–Trinajstić information content (AvgIpc) is 2.45. The Labute approximate surface area is 122 Å². The number of rotatable bonds is 5. The molecule has 0 fully saturated rings. The van der Waals surface area contributed by atoms with Gasteiger partial charge in [0.05, 0.1) is 7.11 Å².